The zero-order valence-corrected chi connectivity index (χ0v) is 18.2. The van der Waals surface area contributed by atoms with Gasteiger partial charge in [0.1, 0.15) is 12.4 Å². The van der Waals surface area contributed by atoms with Gasteiger partial charge < -0.3 is 10.1 Å². The molecule has 0 radical (unpaired) electrons. The number of halogens is 1. The Morgan fingerprint density at radius 1 is 1.03 bits per heavy atom. The van der Waals surface area contributed by atoms with Gasteiger partial charge in [0.25, 0.3) is 5.91 Å². The molecule has 1 amide bonds. The largest absolute Gasteiger partial charge is 0.492 e. The van der Waals surface area contributed by atoms with Crippen molar-refractivity contribution < 1.29 is 17.9 Å². The maximum atomic E-state index is 13.1. The molecule has 3 aromatic carbocycles. The smallest absolute Gasteiger partial charge is 0.251 e. The molecule has 0 unspecified atom stereocenters. The molecule has 0 aliphatic carbocycles. The van der Waals surface area contributed by atoms with Gasteiger partial charge in [-0.3, -0.25) is 4.79 Å². The number of sulfonamides is 1. The minimum Gasteiger partial charge on any atom is -0.492 e. The van der Waals surface area contributed by atoms with Crippen LogP contribution in [0.15, 0.2) is 77.7 Å². The Bertz CT molecular complexity index is 1180. The molecule has 31 heavy (non-hydrogen) atoms. The fourth-order valence-electron chi connectivity index (χ4n) is 3.35. The standard InChI is InChI=1S/C23H21ClN2O4S/c24-20-7-9-21(10-8-20)31(28,29)26-12-13-30-22-11-6-18(14-19(22)16-26)23(27)25-15-17-4-2-1-3-5-17/h1-11,14H,12-13,15-16H2,(H,25,27). The Labute approximate surface area is 186 Å². The molecule has 0 bridgehead atoms. The van der Waals surface area contributed by atoms with Crippen molar-refractivity contribution in [1.29, 1.82) is 0 Å². The fraction of sp³-hybridized carbons (Fsp3) is 0.174. The third-order valence-electron chi connectivity index (χ3n) is 5.01. The molecule has 0 aromatic heterocycles. The van der Waals surface area contributed by atoms with E-state index in [2.05, 4.69) is 5.32 Å². The molecule has 0 saturated carbocycles. The van der Waals surface area contributed by atoms with Crippen LogP contribution in [0.25, 0.3) is 0 Å². The van der Waals surface area contributed by atoms with Crippen LogP contribution in [0, 0.1) is 0 Å². The van der Waals surface area contributed by atoms with Gasteiger partial charge >= 0.3 is 0 Å². The maximum absolute atomic E-state index is 13.1. The average molecular weight is 457 g/mol. The number of hydrogen-bond acceptors (Lipinski definition) is 4. The van der Waals surface area contributed by atoms with Crippen LogP contribution in [0.5, 0.6) is 5.75 Å². The van der Waals surface area contributed by atoms with Crippen LogP contribution in [-0.4, -0.2) is 31.8 Å². The molecule has 1 heterocycles. The van der Waals surface area contributed by atoms with Gasteiger partial charge in [0.15, 0.2) is 0 Å². The van der Waals surface area contributed by atoms with Crippen molar-refractivity contribution in [3.05, 3.63) is 94.5 Å². The lowest BCUT2D eigenvalue weighted by atomic mass is 10.1. The summed E-state index contributed by atoms with van der Waals surface area (Å²) >= 11 is 5.89. The number of fused-ring (bicyclic) bond motifs is 1. The molecule has 1 N–H and O–H groups in total. The van der Waals surface area contributed by atoms with Crippen molar-refractivity contribution in [2.24, 2.45) is 0 Å². The molecule has 4 rings (SSSR count). The van der Waals surface area contributed by atoms with Crippen molar-refractivity contribution in [3.63, 3.8) is 0 Å². The van der Waals surface area contributed by atoms with E-state index in [0.717, 1.165) is 5.56 Å². The second-order valence-electron chi connectivity index (χ2n) is 7.13. The predicted octanol–water partition coefficient (Wildman–Crippen LogP) is 3.85. The minimum atomic E-state index is -3.73. The molecule has 0 fully saturated rings. The molecule has 6 nitrogen and oxygen atoms in total. The highest BCUT2D eigenvalue weighted by atomic mass is 35.5. The molecular weight excluding hydrogens is 436 g/mol. The summed E-state index contributed by atoms with van der Waals surface area (Å²) in [6.45, 7) is 0.943. The monoisotopic (exact) mass is 456 g/mol. The summed E-state index contributed by atoms with van der Waals surface area (Å²) in [5.41, 5.74) is 2.08. The third kappa shape index (κ3) is 4.90. The first-order valence-corrected chi connectivity index (χ1v) is 11.6. The number of carbonyl (C=O) groups is 1. The van der Waals surface area contributed by atoms with Crippen LogP contribution in [0.4, 0.5) is 0 Å². The number of ether oxygens (including phenoxy) is 1. The van der Waals surface area contributed by atoms with Gasteiger partial charge in [-0.1, -0.05) is 41.9 Å². The van der Waals surface area contributed by atoms with E-state index in [0.29, 0.717) is 28.4 Å². The molecule has 0 saturated heterocycles. The maximum Gasteiger partial charge on any atom is 0.251 e. The average Bonchev–Trinajstić information content (AvgIpc) is 3.01. The van der Waals surface area contributed by atoms with E-state index >= 15 is 0 Å². The van der Waals surface area contributed by atoms with Crippen molar-refractivity contribution >= 4 is 27.5 Å². The van der Waals surface area contributed by atoms with Crippen molar-refractivity contribution in [3.8, 4) is 5.75 Å². The number of nitrogens with zero attached hydrogens (tertiary/aromatic N) is 1. The van der Waals surface area contributed by atoms with E-state index in [1.807, 2.05) is 30.3 Å². The van der Waals surface area contributed by atoms with E-state index in [1.165, 1.54) is 16.4 Å². The van der Waals surface area contributed by atoms with Crippen molar-refractivity contribution in [1.82, 2.24) is 9.62 Å². The summed E-state index contributed by atoms with van der Waals surface area (Å²) < 4.78 is 33.3. The predicted molar refractivity (Wildman–Crippen MR) is 119 cm³/mol. The number of rotatable bonds is 5. The number of hydrogen-bond donors (Lipinski definition) is 1. The normalized spacial score (nSPS) is 14.2. The summed E-state index contributed by atoms with van der Waals surface area (Å²) in [4.78, 5) is 12.8. The first-order chi connectivity index (χ1) is 14.9. The summed E-state index contributed by atoms with van der Waals surface area (Å²) in [6, 6.07) is 20.8. The summed E-state index contributed by atoms with van der Waals surface area (Å²) in [5, 5.41) is 3.35. The number of amides is 1. The quantitative estimate of drug-likeness (QED) is 0.632. The van der Waals surface area contributed by atoms with Crippen molar-refractivity contribution in [2.75, 3.05) is 13.2 Å². The Morgan fingerprint density at radius 2 is 1.77 bits per heavy atom. The summed E-state index contributed by atoms with van der Waals surface area (Å²) in [5.74, 6) is 0.344. The van der Waals surface area contributed by atoms with Crippen molar-refractivity contribution in [2.45, 2.75) is 18.0 Å². The number of carbonyl (C=O) groups excluding carboxylic acids is 1. The topological polar surface area (TPSA) is 75.7 Å². The highest BCUT2D eigenvalue weighted by Gasteiger charge is 2.28. The molecule has 1 aliphatic rings. The zero-order valence-electron chi connectivity index (χ0n) is 16.6. The Morgan fingerprint density at radius 3 is 2.52 bits per heavy atom. The second-order valence-corrected chi connectivity index (χ2v) is 9.51. The molecule has 1 aliphatic heterocycles. The molecule has 0 atom stereocenters. The van der Waals surface area contributed by atoms with Gasteiger partial charge in [-0.2, -0.15) is 4.31 Å². The van der Waals surface area contributed by atoms with E-state index < -0.39 is 10.0 Å². The van der Waals surface area contributed by atoms with Crippen LogP contribution < -0.4 is 10.1 Å². The molecule has 8 heteroatoms. The Balaban J connectivity index is 1.54. The first kappa shape index (κ1) is 21.4. The second kappa shape index (κ2) is 9.09. The van der Waals surface area contributed by atoms with Gasteiger partial charge in [-0.15, -0.1) is 0 Å². The summed E-state index contributed by atoms with van der Waals surface area (Å²) in [7, 11) is -3.73. The van der Waals surface area contributed by atoms with Gasteiger partial charge in [0.2, 0.25) is 10.0 Å². The molecule has 3 aromatic rings. The van der Waals surface area contributed by atoms with Gasteiger partial charge in [0.05, 0.1) is 4.90 Å². The van der Waals surface area contributed by atoms with E-state index in [-0.39, 0.29) is 30.5 Å². The highest BCUT2D eigenvalue weighted by molar-refractivity contribution is 7.89. The van der Waals surface area contributed by atoms with Gasteiger partial charge in [0, 0.05) is 35.8 Å². The van der Waals surface area contributed by atoms with E-state index in [4.69, 9.17) is 16.3 Å². The Hall–Kier alpha value is -2.87. The first-order valence-electron chi connectivity index (χ1n) is 9.77. The van der Waals surface area contributed by atoms with Crippen LogP contribution in [-0.2, 0) is 23.1 Å². The summed E-state index contributed by atoms with van der Waals surface area (Å²) in [6.07, 6.45) is 0. The fourth-order valence-corrected chi connectivity index (χ4v) is 4.88. The molecule has 160 valence electrons. The third-order valence-corrected chi connectivity index (χ3v) is 7.13. The van der Waals surface area contributed by atoms with E-state index in [9.17, 15) is 13.2 Å². The van der Waals surface area contributed by atoms with Gasteiger partial charge in [-0.05, 0) is 48.0 Å². The number of nitrogens with one attached hydrogen (secondary N) is 1. The lowest BCUT2D eigenvalue weighted by molar-refractivity contribution is 0.0950. The van der Waals surface area contributed by atoms with Crippen LogP contribution in [0.2, 0.25) is 5.02 Å². The highest BCUT2D eigenvalue weighted by Crippen LogP contribution is 2.28. The zero-order chi connectivity index (χ0) is 21.8. The van der Waals surface area contributed by atoms with Crippen LogP contribution in [0.1, 0.15) is 21.5 Å². The molecule has 0 spiro atoms. The van der Waals surface area contributed by atoms with Crippen LogP contribution in [0.3, 0.4) is 0 Å². The lowest BCUT2D eigenvalue weighted by Gasteiger charge is -2.19. The van der Waals surface area contributed by atoms with E-state index in [1.54, 1.807) is 30.3 Å². The van der Waals surface area contributed by atoms with Crippen LogP contribution >= 0.6 is 11.6 Å². The number of benzene rings is 3. The minimum absolute atomic E-state index is 0.111. The Kier molecular flexibility index (Phi) is 6.27. The molecular formula is C23H21ClN2O4S. The SMILES string of the molecule is O=C(NCc1ccccc1)c1ccc2c(c1)CN(S(=O)(=O)c1ccc(Cl)cc1)CCO2. The van der Waals surface area contributed by atoms with Gasteiger partial charge in [-0.25, -0.2) is 8.42 Å². The lowest BCUT2D eigenvalue weighted by Crippen LogP contribution is -2.32.